The molecule has 0 radical (unpaired) electrons. The van der Waals surface area contributed by atoms with Crippen molar-refractivity contribution in [3.63, 3.8) is 0 Å². The van der Waals surface area contributed by atoms with Crippen molar-refractivity contribution in [2.75, 3.05) is 6.79 Å². The zero-order valence-corrected chi connectivity index (χ0v) is 22.3. The first-order valence-corrected chi connectivity index (χ1v) is 12.9. The van der Waals surface area contributed by atoms with Crippen LogP contribution in [0.5, 0.6) is 17.2 Å². The minimum atomic E-state index is -0.276. The lowest BCUT2D eigenvalue weighted by molar-refractivity contribution is -0.115. The third-order valence-electron chi connectivity index (χ3n) is 4.94. The second-order valence-electron chi connectivity index (χ2n) is 7.34. The maximum atomic E-state index is 12.5. The van der Waals surface area contributed by atoms with Gasteiger partial charge in [0.15, 0.2) is 22.4 Å². The summed E-state index contributed by atoms with van der Waals surface area (Å²) in [6, 6.07) is 14.3. The lowest BCUT2D eigenvalue weighted by Crippen LogP contribution is -2.19. The minimum Gasteiger partial charge on any atom is -0.486 e. The summed E-state index contributed by atoms with van der Waals surface area (Å²) < 4.78 is 17.3. The van der Waals surface area contributed by atoms with Gasteiger partial charge in [0, 0.05) is 0 Å². The van der Waals surface area contributed by atoms with Gasteiger partial charge in [-0.05, 0) is 81.3 Å². The van der Waals surface area contributed by atoms with E-state index in [0.29, 0.717) is 59.2 Å². The molecule has 1 fully saturated rings. The quantitative estimate of drug-likeness (QED) is 0.301. The molecule has 0 spiro atoms. The van der Waals surface area contributed by atoms with E-state index in [0.717, 1.165) is 11.1 Å². The molecule has 0 bridgehead atoms. The molecule has 35 heavy (non-hydrogen) atoms. The van der Waals surface area contributed by atoms with Crippen LogP contribution in [0.4, 0.5) is 5.69 Å². The molecule has 0 aromatic heterocycles. The van der Waals surface area contributed by atoms with Crippen molar-refractivity contribution in [2.45, 2.75) is 6.61 Å². The third kappa shape index (κ3) is 5.42. The van der Waals surface area contributed by atoms with E-state index in [1.54, 1.807) is 30.3 Å². The standard InChI is InChI=1S/C24H14BrCl3N2O4S/c25-14-6-13(7-16(27)22(14)32-10-12-4-5-18-19(8-12)34-11-33-18)9-20-23(31)30-24(35-20)29-17-3-1-2-15(26)21(17)28/h1-9H,10-11H2,(H,29,30,31)/b20-9-. The SMILES string of the molecule is O=C1NC(=Nc2cccc(Cl)c2Cl)S/C1=C\c1cc(Cl)c(OCc2ccc3c(c2)OCO3)c(Br)c1. The van der Waals surface area contributed by atoms with Crippen molar-refractivity contribution in [2.24, 2.45) is 4.99 Å². The fourth-order valence-electron chi connectivity index (χ4n) is 3.31. The van der Waals surface area contributed by atoms with Gasteiger partial charge in [0.1, 0.15) is 6.61 Å². The molecule has 11 heteroatoms. The smallest absolute Gasteiger partial charge is 0.264 e. The van der Waals surface area contributed by atoms with E-state index >= 15 is 0 Å². The van der Waals surface area contributed by atoms with Crippen molar-refractivity contribution in [1.82, 2.24) is 5.32 Å². The molecule has 0 unspecified atom stereocenters. The topological polar surface area (TPSA) is 69.2 Å². The summed E-state index contributed by atoms with van der Waals surface area (Å²) in [4.78, 5) is 17.3. The van der Waals surface area contributed by atoms with Crippen LogP contribution in [0.15, 0.2) is 62.9 Å². The molecule has 2 aliphatic rings. The monoisotopic (exact) mass is 610 g/mol. The fraction of sp³-hybridized carbons (Fsp3) is 0.0833. The fourth-order valence-corrected chi connectivity index (χ4v) is 5.47. The Hall–Kier alpha value is -2.36. The molecule has 178 valence electrons. The molecule has 1 saturated heterocycles. The zero-order chi connectivity index (χ0) is 24.5. The number of hydrogen-bond acceptors (Lipinski definition) is 6. The van der Waals surface area contributed by atoms with Crippen molar-refractivity contribution in [3.05, 3.63) is 84.1 Å². The number of amides is 1. The van der Waals surface area contributed by atoms with Crippen LogP contribution < -0.4 is 19.5 Å². The highest BCUT2D eigenvalue weighted by atomic mass is 79.9. The van der Waals surface area contributed by atoms with Gasteiger partial charge in [-0.3, -0.25) is 4.79 Å². The molecule has 1 amide bonds. The van der Waals surface area contributed by atoms with E-state index in [1.165, 1.54) is 11.8 Å². The molecule has 0 aliphatic carbocycles. The number of aliphatic imine (C=N–C) groups is 1. The van der Waals surface area contributed by atoms with E-state index in [-0.39, 0.29) is 12.7 Å². The van der Waals surface area contributed by atoms with Crippen LogP contribution in [-0.2, 0) is 11.4 Å². The number of amidine groups is 1. The zero-order valence-electron chi connectivity index (χ0n) is 17.6. The summed E-state index contributed by atoms with van der Waals surface area (Å²) in [5, 5.41) is 4.24. The van der Waals surface area contributed by atoms with Crippen molar-refractivity contribution >= 4 is 85.3 Å². The Morgan fingerprint density at radius 3 is 2.74 bits per heavy atom. The molecule has 0 saturated carbocycles. The van der Waals surface area contributed by atoms with Crippen LogP contribution in [0.2, 0.25) is 15.1 Å². The number of thioether (sulfide) groups is 1. The molecule has 3 aromatic rings. The van der Waals surface area contributed by atoms with Gasteiger partial charge in [-0.2, -0.15) is 0 Å². The van der Waals surface area contributed by atoms with Gasteiger partial charge in [-0.1, -0.05) is 46.9 Å². The summed E-state index contributed by atoms with van der Waals surface area (Å²) in [6.45, 7) is 0.505. The third-order valence-corrected chi connectivity index (χ3v) is 7.53. The summed E-state index contributed by atoms with van der Waals surface area (Å²) in [7, 11) is 0. The average Bonchev–Trinajstić information content (AvgIpc) is 3.42. The van der Waals surface area contributed by atoms with E-state index in [2.05, 4.69) is 26.2 Å². The average molecular weight is 613 g/mol. The summed E-state index contributed by atoms with van der Waals surface area (Å²) in [6.07, 6.45) is 1.72. The van der Waals surface area contributed by atoms with Crippen molar-refractivity contribution in [1.29, 1.82) is 0 Å². The molecular weight excluding hydrogens is 599 g/mol. The molecule has 1 N–H and O–H groups in total. The second kappa shape index (κ2) is 10.3. The van der Waals surface area contributed by atoms with Gasteiger partial charge in [0.25, 0.3) is 5.91 Å². The number of nitrogens with one attached hydrogen (secondary N) is 1. The van der Waals surface area contributed by atoms with Crippen LogP contribution in [0, 0.1) is 0 Å². The first-order chi connectivity index (χ1) is 16.9. The Balaban J connectivity index is 1.31. The number of nitrogens with zero attached hydrogens (tertiary/aromatic N) is 1. The molecule has 0 atom stereocenters. The maximum absolute atomic E-state index is 12.5. The Morgan fingerprint density at radius 1 is 1.09 bits per heavy atom. The molecule has 2 aliphatic heterocycles. The second-order valence-corrected chi connectivity index (χ2v) is 10.4. The molecule has 6 nitrogen and oxygen atoms in total. The van der Waals surface area contributed by atoms with E-state index in [4.69, 9.17) is 49.0 Å². The van der Waals surface area contributed by atoms with E-state index < -0.39 is 0 Å². The lowest BCUT2D eigenvalue weighted by Gasteiger charge is -2.12. The Labute approximate surface area is 228 Å². The van der Waals surface area contributed by atoms with Crippen LogP contribution in [-0.4, -0.2) is 17.9 Å². The number of carbonyl (C=O) groups excluding carboxylic acids is 1. The predicted octanol–water partition coefficient (Wildman–Crippen LogP) is 7.61. The Morgan fingerprint density at radius 2 is 1.91 bits per heavy atom. The first-order valence-electron chi connectivity index (χ1n) is 10.1. The highest BCUT2D eigenvalue weighted by molar-refractivity contribution is 9.10. The first kappa shape index (κ1) is 24.3. The van der Waals surface area contributed by atoms with Crippen molar-refractivity contribution < 1.29 is 19.0 Å². The van der Waals surface area contributed by atoms with Crippen molar-refractivity contribution in [3.8, 4) is 17.2 Å². The number of benzene rings is 3. The number of ether oxygens (including phenoxy) is 3. The Kier molecular flexibility index (Phi) is 7.18. The molecular formula is C24H14BrCl3N2O4S. The maximum Gasteiger partial charge on any atom is 0.264 e. The lowest BCUT2D eigenvalue weighted by atomic mass is 10.2. The normalized spacial score (nSPS) is 16.7. The van der Waals surface area contributed by atoms with Gasteiger partial charge in [-0.25, -0.2) is 4.99 Å². The van der Waals surface area contributed by atoms with Gasteiger partial charge in [0.2, 0.25) is 6.79 Å². The van der Waals surface area contributed by atoms with Crippen LogP contribution >= 0.6 is 62.5 Å². The predicted molar refractivity (Wildman–Crippen MR) is 143 cm³/mol. The number of rotatable bonds is 5. The van der Waals surface area contributed by atoms with Crippen LogP contribution in [0.25, 0.3) is 6.08 Å². The van der Waals surface area contributed by atoms with Gasteiger partial charge in [0.05, 0.1) is 30.1 Å². The van der Waals surface area contributed by atoms with E-state index in [1.807, 2.05) is 24.3 Å². The number of hydrogen-bond donors (Lipinski definition) is 1. The molecule has 3 aromatic carbocycles. The minimum absolute atomic E-state index is 0.214. The number of carbonyl (C=O) groups is 1. The largest absolute Gasteiger partial charge is 0.486 e. The summed E-state index contributed by atoms with van der Waals surface area (Å²) in [5.74, 6) is 1.62. The number of fused-ring (bicyclic) bond motifs is 1. The molecule has 5 rings (SSSR count). The van der Waals surface area contributed by atoms with Gasteiger partial charge >= 0.3 is 0 Å². The highest BCUT2D eigenvalue weighted by Gasteiger charge is 2.24. The van der Waals surface area contributed by atoms with Gasteiger partial charge in [-0.15, -0.1) is 0 Å². The number of halogens is 4. The van der Waals surface area contributed by atoms with Gasteiger partial charge < -0.3 is 19.5 Å². The Bertz CT molecular complexity index is 1390. The van der Waals surface area contributed by atoms with Crippen LogP contribution in [0.1, 0.15) is 11.1 Å². The summed E-state index contributed by atoms with van der Waals surface area (Å²) in [5.41, 5.74) is 2.10. The van der Waals surface area contributed by atoms with Crippen LogP contribution in [0.3, 0.4) is 0 Å². The van der Waals surface area contributed by atoms with E-state index in [9.17, 15) is 4.79 Å². The molecule has 2 heterocycles. The highest BCUT2D eigenvalue weighted by Crippen LogP contribution is 2.39. The summed E-state index contributed by atoms with van der Waals surface area (Å²) >= 11 is 23.4.